The molecule has 0 unspecified atom stereocenters. The maximum Gasteiger partial charge on any atom is 0.248 e. The third kappa shape index (κ3) is 3.79. The highest BCUT2D eigenvalue weighted by molar-refractivity contribution is 7.89. The number of nitrogens with zero attached hydrogens (tertiary/aromatic N) is 3. The van der Waals surface area contributed by atoms with Crippen molar-refractivity contribution >= 4 is 26.8 Å². The number of piperidine rings is 1. The van der Waals surface area contributed by atoms with E-state index in [9.17, 15) is 13.2 Å². The van der Waals surface area contributed by atoms with Gasteiger partial charge in [-0.15, -0.1) is 0 Å². The van der Waals surface area contributed by atoms with Crippen LogP contribution in [0, 0.1) is 0 Å². The fourth-order valence-electron chi connectivity index (χ4n) is 5.21. The van der Waals surface area contributed by atoms with E-state index in [1.54, 1.807) is 22.6 Å². The number of hydrogen-bond acceptors (Lipinski definition) is 5. The maximum atomic E-state index is 13.4. The molecule has 0 radical (unpaired) electrons. The van der Waals surface area contributed by atoms with Crippen molar-refractivity contribution in [2.45, 2.75) is 42.2 Å². The quantitative estimate of drug-likeness (QED) is 0.575. The predicted octanol–water partition coefficient (Wildman–Crippen LogP) is 3.45. The first-order valence-electron chi connectivity index (χ1n) is 11.8. The largest absolute Gasteiger partial charge is 0.363 e. The van der Waals surface area contributed by atoms with Crippen LogP contribution in [0.3, 0.4) is 0 Å². The number of carbonyl (C=O) groups is 1. The molecule has 8 heteroatoms. The van der Waals surface area contributed by atoms with Crippen molar-refractivity contribution in [3.63, 3.8) is 0 Å². The first-order valence-corrected chi connectivity index (χ1v) is 13.3. The Hall–Kier alpha value is -2.81. The second-order valence-electron chi connectivity index (χ2n) is 9.53. The standard InChI is InChI=1S/C26H27N3O4S/c30-25-17-33-26(18-29(25)20-8-9-20)12-15-28(16-13-26)34(31,32)21-10-6-19(7-11-21)22-3-1-5-24-23(22)4-2-14-27-24/h1-7,10-11,14,20H,8-9,12-13,15-18H2. The molecule has 1 aromatic heterocycles. The van der Waals surface area contributed by atoms with E-state index >= 15 is 0 Å². The van der Waals surface area contributed by atoms with Gasteiger partial charge in [-0.1, -0.05) is 30.3 Å². The number of sulfonamides is 1. The van der Waals surface area contributed by atoms with E-state index in [2.05, 4.69) is 4.98 Å². The second-order valence-corrected chi connectivity index (χ2v) is 11.5. The van der Waals surface area contributed by atoms with Crippen LogP contribution in [0.1, 0.15) is 25.7 Å². The van der Waals surface area contributed by atoms with Gasteiger partial charge in [-0.3, -0.25) is 9.78 Å². The van der Waals surface area contributed by atoms with Crippen molar-refractivity contribution < 1.29 is 17.9 Å². The lowest BCUT2D eigenvalue weighted by Crippen LogP contribution is -2.59. The molecular weight excluding hydrogens is 450 g/mol. The Morgan fingerprint density at radius 2 is 1.74 bits per heavy atom. The smallest absolute Gasteiger partial charge is 0.248 e. The molecule has 2 saturated heterocycles. The summed E-state index contributed by atoms with van der Waals surface area (Å²) in [6.45, 7) is 1.48. The Morgan fingerprint density at radius 1 is 0.971 bits per heavy atom. The van der Waals surface area contributed by atoms with Crippen molar-refractivity contribution in [3.8, 4) is 11.1 Å². The highest BCUT2D eigenvalue weighted by Crippen LogP contribution is 2.37. The number of pyridine rings is 1. The average molecular weight is 478 g/mol. The van der Waals surface area contributed by atoms with Crippen molar-refractivity contribution in [3.05, 3.63) is 60.8 Å². The summed E-state index contributed by atoms with van der Waals surface area (Å²) < 4.78 is 34.3. The molecule has 3 aromatic rings. The summed E-state index contributed by atoms with van der Waals surface area (Å²) in [6, 6.07) is 17.3. The van der Waals surface area contributed by atoms with E-state index < -0.39 is 15.6 Å². The molecule has 0 atom stereocenters. The molecule has 0 bridgehead atoms. The molecule has 3 heterocycles. The molecule has 1 saturated carbocycles. The SMILES string of the molecule is O=C1COC2(CCN(S(=O)(=O)c3ccc(-c4cccc5ncccc45)cc3)CC2)CN1C1CC1. The van der Waals surface area contributed by atoms with Gasteiger partial charge in [-0.25, -0.2) is 8.42 Å². The van der Waals surface area contributed by atoms with E-state index in [0.29, 0.717) is 43.4 Å². The minimum atomic E-state index is -3.60. The molecule has 2 aromatic carbocycles. The summed E-state index contributed by atoms with van der Waals surface area (Å²) in [5.74, 6) is 0.0604. The second kappa shape index (κ2) is 8.15. The molecule has 1 amide bonds. The summed E-state index contributed by atoms with van der Waals surface area (Å²) >= 11 is 0. The average Bonchev–Trinajstić information content (AvgIpc) is 3.71. The van der Waals surface area contributed by atoms with Gasteiger partial charge in [0.15, 0.2) is 0 Å². The molecular formula is C26H27N3O4S. The lowest BCUT2D eigenvalue weighted by Gasteiger charge is -2.46. The highest BCUT2D eigenvalue weighted by atomic mass is 32.2. The lowest BCUT2D eigenvalue weighted by molar-refractivity contribution is -0.170. The van der Waals surface area contributed by atoms with E-state index in [0.717, 1.165) is 34.9 Å². The van der Waals surface area contributed by atoms with Crippen LogP contribution in [0.2, 0.25) is 0 Å². The van der Waals surface area contributed by atoms with E-state index in [-0.39, 0.29) is 12.5 Å². The number of aromatic nitrogens is 1. The summed E-state index contributed by atoms with van der Waals surface area (Å²) in [5.41, 5.74) is 2.47. The van der Waals surface area contributed by atoms with Crippen LogP contribution in [0.5, 0.6) is 0 Å². The van der Waals surface area contributed by atoms with Crippen LogP contribution >= 0.6 is 0 Å². The van der Waals surface area contributed by atoms with Gasteiger partial charge < -0.3 is 9.64 Å². The van der Waals surface area contributed by atoms with Gasteiger partial charge in [-0.2, -0.15) is 4.31 Å². The third-order valence-corrected chi connectivity index (χ3v) is 9.26. The minimum Gasteiger partial charge on any atom is -0.363 e. The van der Waals surface area contributed by atoms with Crippen molar-refractivity contribution in [1.82, 2.24) is 14.2 Å². The Balaban J connectivity index is 1.19. The topological polar surface area (TPSA) is 79.8 Å². The lowest BCUT2D eigenvalue weighted by atomic mass is 9.90. The number of ether oxygens (including phenoxy) is 1. The van der Waals surface area contributed by atoms with Crippen molar-refractivity contribution in [2.75, 3.05) is 26.2 Å². The first kappa shape index (κ1) is 21.7. The summed E-state index contributed by atoms with van der Waals surface area (Å²) in [4.78, 5) is 18.9. The monoisotopic (exact) mass is 477 g/mol. The zero-order chi connectivity index (χ0) is 23.3. The molecule has 6 rings (SSSR count). The minimum absolute atomic E-state index is 0.0604. The summed E-state index contributed by atoms with van der Waals surface area (Å²) in [6.07, 6.45) is 5.10. The van der Waals surface area contributed by atoms with Crippen LogP contribution < -0.4 is 0 Å². The Bertz CT molecular complexity index is 1340. The molecule has 176 valence electrons. The van der Waals surface area contributed by atoms with Crippen LogP contribution in [0.25, 0.3) is 22.0 Å². The number of amides is 1. The Labute approximate surface area is 199 Å². The van der Waals surface area contributed by atoms with Crippen molar-refractivity contribution in [1.29, 1.82) is 0 Å². The molecule has 1 spiro atoms. The molecule has 34 heavy (non-hydrogen) atoms. The van der Waals surface area contributed by atoms with Gasteiger partial charge in [0, 0.05) is 30.7 Å². The van der Waals surface area contributed by atoms with Crippen LogP contribution in [0.4, 0.5) is 0 Å². The number of benzene rings is 2. The number of hydrogen-bond donors (Lipinski definition) is 0. The third-order valence-electron chi connectivity index (χ3n) is 7.35. The molecule has 2 aliphatic heterocycles. The molecule has 0 N–H and O–H groups in total. The summed E-state index contributed by atoms with van der Waals surface area (Å²) in [7, 11) is -3.60. The number of rotatable bonds is 4. The van der Waals surface area contributed by atoms with Gasteiger partial charge in [0.05, 0.1) is 22.6 Å². The molecule has 7 nitrogen and oxygen atoms in total. The fraction of sp³-hybridized carbons (Fsp3) is 0.385. The van der Waals surface area contributed by atoms with Crippen LogP contribution in [-0.2, 0) is 19.6 Å². The number of carbonyl (C=O) groups excluding carboxylic acids is 1. The van der Waals surface area contributed by atoms with E-state index in [4.69, 9.17) is 4.74 Å². The van der Waals surface area contributed by atoms with Crippen LogP contribution in [-0.4, -0.2) is 66.4 Å². The summed E-state index contributed by atoms with van der Waals surface area (Å²) in [5, 5.41) is 1.04. The highest BCUT2D eigenvalue weighted by Gasteiger charge is 2.47. The van der Waals surface area contributed by atoms with Gasteiger partial charge in [-0.05, 0) is 61.1 Å². The fourth-order valence-corrected chi connectivity index (χ4v) is 6.65. The maximum absolute atomic E-state index is 13.4. The Morgan fingerprint density at radius 3 is 2.47 bits per heavy atom. The zero-order valence-electron chi connectivity index (χ0n) is 18.9. The van der Waals surface area contributed by atoms with Gasteiger partial charge >= 0.3 is 0 Å². The van der Waals surface area contributed by atoms with Crippen LogP contribution in [0.15, 0.2) is 65.7 Å². The molecule has 3 aliphatic rings. The zero-order valence-corrected chi connectivity index (χ0v) is 19.7. The normalized spacial score (nSPS) is 21.3. The van der Waals surface area contributed by atoms with Gasteiger partial charge in [0.1, 0.15) is 6.61 Å². The first-order chi connectivity index (χ1) is 16.5. The van der Waals surface area contributed by atoms with E-state index in [1.165, 1.54) is 0 Å². The van der Waals surface area contributed by atoms with Crippen molar-refractivity contribution in [2.24, 2.45) is 0 Å². The predicted molar refractivity (Wildman–Crippen MR) is 129 cm³/mol. The van der Waals surface area contributed by atoms with Gasteiger partial charge in [0.25, 0.3) is 0 Å². The number of morpholine rings is 1. The number of fused-ring (bicyclic) bond motifs is 1. The van der Waals surface area contributed by atoms with Gasteiger partial charge in [0.2, 0.25) is 15.9 Å². The Kier molecular flexibility index (Phi) is 5.20. The molecule has 1 aliphatic carbocycles. The van der Waals surface area contributed by atoms with E-state index in [1.807, 2.05) is 47.4 Å². The molecule has 3 fully saturated rings.